The predicted octanol–water partition coefficient (Wildman–Crippen LogP) is 2.46. The summed E-state index contributed by atoms with van der Waals surface area (Å²) in [5, 5.41) is 8.08. The number of amides is 1. The number of furan rings is 1. The van der Waals surface area contributed by atoms with Crippen molar-refractivity contribution in [1.82, 2.24) is 20.1 Å². The third kappa shape index (κ3) is 3.00. The second kappa shape index (κ2) is 6.01. The number of aryl methyl sites for hydroxylation is 3. The molecule has 6 nitrogen and oxygen atoms in total. The monoisotopic (exact) mass is 298 g/mol. The van der Waals surface area contributed by atoms with Gasteiger partial charge in [-0.1, -0.05) is 18.2 Å². The van der Waals surface area contributed by atoms with E-state index in [0.717, 1.165) is 35.6 Å². The zero-order valence-electron chi connectivity index (χ0n) is 12.7. The number of nitrogens with one attached hydrogen (secondary N) is 1. The van der Waals surface area contributed by atoms with E-state index in [1.165, 1.54) is 0 Å². The van der Waals surface area contributed by atoms with E-state index < -0.39 is 0 Å². The van der Waals surface area contributed by atoms with Crippen molar-refractivity contribution < 1.29 is 9.21 Å². The zero-order chi connectivity index (χ0) is 15.5. The Hall–Kier alpha value is -2.63. The van der Waals surface area contributed by atoms with Gasteiger partial charge in [-0.05, 0) is 32.4 Å². The van der Waals surface area contributed by atoms with E-state index in [0.29, 0.717) is 12.3 Å². The number of rotatable bonds is 5. The lowest BCUT2D eigenvalue weighted by Crippen LogP contribution is -2.25. The Kier molecular flexibility index (Phi) is 3.91. The fourth-order valence-corrected chi connectivity index (χ4v) is 2.38. The summed E-state index contributed by atoms with van der Waals surface area (Å²) in [7, 11) is 0. The van der Waals surface area contributed by atoms with E-state index in [9.17, 15) is 4.79 Å². The molecule has 2 heterocycles. The second-order valence-electron chi connectivity index (χ2n) is 5.19. The summed E-state index contributed by atoms with van der Waals surface area (Å²) in [4.78, 5) is 16.3. The Morgan fingerprint density at radius 2 is 2.14 bits per heavy atom. The fourth-order valence-electron chi connectivity index (χ4n) is 2.38. The fraction of sp³-hybridized carbons (Fsp3) is 0.312. The van der Waals surface area contributed by atoms with Gasteiger partial charge in [0.1, 0.15) is 17.2 Å². The van der Waals surface area contributed by atoms with Gasteiger partial charge < -0.3 is 9.73 Å². The molecular formula is C16H18N4O2. The van der Waals surface area contributed by atoms with Crippen molar-refractivity contribution >= 4 is 16.9 Å². The molecule has 2 aromatic heterocycles. The van der Waals surface area contributed by atoms with Gasteiger partial charge in [0.15, 0.2) is 5.76 Å². The summed E-state index contributed by atoms with van der Waals surface area (Å²) in [5.74, 6) is 1.81. The first-order valence-electron chi connectivity index (χ1n) is 7.28. The third-order valence-corrected chi connectivity index (χ3v) is 3.44. The lowest BCUT2D eigenvalue weighted by Gasteiger charge is -2.04. The van der Waals surface area contributed by atoms with Crippen LogP contribution in [0.25, 0.3) is 11.0 Å². The van der Waals surface area contributed by atoms with Crippen LogP contribution in [-0.2, 0) is 6.54 Å². The Morgan fingerprint density at radius 3 is 2.86 bits per heavy atom. The number of para-hydroxylation sites is 1. The first-order valence-corrected chi connectivity index (χ1v) is 7.28. The Bertz CT molecular complexity index is 770. The predicted molar refractivity (Wildman–Crippen MR) is 82.7 cm³/mol. The molecule has 0 unspecified atom stereocenters. The van der Waals surface area contributed by atoms with Crippen LogP contribution in [0.15, 0.2) is 34.7 Å². The number of fused-ring (bicyclic) bond motifs is 1. The summed E-state index contributed by atoms with van der Waals surface area (Å²) < 4.78 is 7.38. The van der Waals surface area contributed by atoms with Gasteiger partial charge in [-0.2, -0.15) is 5.10 Å². The Labute approximate surface area is 128 Å². The maximum Gasteiger partial charge on any atom is 0.287 e. The zero-order valence-corrected chi connectivity index (χ0v) is 12.7. The number of hydrogen-bond acceptors (Lipinski definition) is 4. The highest BCUT2D eigenvalue weighted by molar-refractivity contribution is 5.95. The van der Waals surface area contributed by atoms with E-state index in [-0.39, 0.29) is 5.91 Å². The van der Waals surface area contributed by atoms with E-state index in [1.807, 2.05) is 42.8 Å². The molecule has 0 aliphatic rings. The molecule has 0 saturated carbocycles. The molecule has 22 heavy (non-hydrogen) atoms. The number of hydrogen-bond donors (Lipinski definition) is 1. The van der Waals surface area contributed by atoms with Gasteiger partial charge in [0.2, 0.25) is 0 Å². The van der Waals surface area contributed by atoms with E-state index in [4.69, 9.17) is 4.42 Å². The summed E-state index contributed by atoms with van der Waals surface area (Å²) in [6.45, 7) is 5.08. The van der Waals surface area contributed by atoms with Crippen LogP contribution in [0.1, 0.15) is 28.6 Å². The molecule has 0 atom stereocenters. The van der Waals surface area contributed by atoms with Crippen molar-refractivity contribution in [2.45, 2.75) is 26.8 Å². The average Bonchev–Trinajstić information content (AvgIpc) is 3.06. The number of aromatic nitrogens is 3. The molecule has 6 heteroatoms. The number of benzene rings is 1. The van der Waals surface area contributed by atoms with Gasteiger partial charge >= 0.3 is 0 Å². The maximum absolute atomic E-state index is 12.1. The molecular weight excluding hydrogens is 280 g/mol. The van der Waals surface area contributed by atoms with E-state index in [2.05, 4.69) is 15.4 Å². The lowest BCUT2D eigenvalue weighted by atomic mass is 10.2. The lowest BCUT2D eigenvalue weighted by molar-refractivity contribution is 0.0927. The number of carbonyl (C=O) groups is 1. The summed E-state index contributed by atoms with van der Waals surface area (Å²) in [5.41, 5.74) is 0.723. The first-order chi connectivity index (χ1) is 10.6. The van der Waals surface area contributed by atoms with Crippen molar-refractivity contribution in [3.05, 3.63) is 47.7 Å². The van der Waals surface area contributed by atoms with Crippen molar-refractivity contribution in [1.29, 1.82) is 0 Å². The van der Waals surface area contributed by atoms with Crippen LogP contribution < -0.4 is 5.32 Å². The minimum Gasteiger partial charge on any atom is -0.451 e. The topological polar surface area (TPSA) is 73.0 Å². The van der Waals surface area contributed by atoms with Crippen LogP contribution in [0.4, 0.5) is 0 Å². The molecule has 1 N–H and O–H groups in total. The van der Waals surface area contributed by atoms with Gasteiger partial charge in [0, 0.05) is 18.5 Å². The van der Waals surface area contributed by atoms with Crippen LogP contribution in [0.3, 0.4) is 0 Å². The van der Waals surface area contributed by atoms with Crippen molar-refractivity contribution in [2.75, 3.05) is 6.54 Å². The normalized spacial score (nSPS) is 11.0. The molecule has 0 radical (unpaired) electrons. The van der Waals surface area contributed by atoms with Crippen LogP contribution in [0, 0.1) is 13.8 Å². The van der Waals surface area contributed by atoms with Gasteiger partial charge in [-0.3, -0.25) is 9.48 Å². The minimum atomic E-state index is -0.192. The highest BCUT2D eigenvalue weighted by atomic mass is 16.3. The average molecular weight is 298 g/mol. The van der Waals surface area contributed by atoms with Crippen LogP contribution in [-0.4, -0.2) is 27.2 Å². The number of carbonyl (C=O) groups excluding carboxylic acids is 1. The molecule has 0 bridgehead atoms. The van der Waals surface area contributed by atoms with E-state index >= 15 is 0 Å². The molecule has 0 fully saturated rings. The van der Waals surface area contributed by atoms with E-state index in [1.54, 1.807) is 6.07 Å². The molecule has 3 rings (SSSR count). The molecule has 1 aromatic carbocycles. The van der Waals surface area contributed by atoms with Gasteiger partial charge in [-0.15, -0.1) is 0 Å². The molecule has 114 valence electrons. The summed E-state index contributed by atoms with van der Waals surface area (Å²) in [6, 6.07) is 9.33. The molecule has 3 aromatic rings. The largest absolute Gasteiger partial charge is 0.451 e. The highest BCUT2D eigenvalue weighted by Gasteiger charge is 2.11. The molecule has 0 saturated heterocycles. The van der Waals surface area contributed by atoms with Gasteiger partial charge in [0.05, 0.1) is 0 Å². The summed E-state index contributed by atoms with van der Waals surface area (Å²) >= 11 is 0. The Morgan fingerprint density at radius 1 is 1.32 bits per heavy atom. The number of nitrogens with zero attached hydrogens (tertiary/aromatic N) is 3. The van der Waals surface area contributed by atoms with Crippen molar-refractivity contribution in [3.8, 4) is 0 Å². The third-order valence-electron chi connectivity index (χ3n) is 3.44. The van der Waals surface area contributed by atoms with Gasteiger partial charge in [0.25, 0.3) is 5.91 Å². The molecule has 0 aliphatic carbocycles. The summed E-state index contributed by atoms with van der Waals surface area (Å²) in [6.07, 6.45) is 0.787. The van der Waals surface area contributed by atoms with Crippen LogP contribution in [0.5, 0.6) is 0 Å². The van der Waals surface area contributed by atoms with Gasteiger partial charge in [-0.25, -0.2) is 4.98 Å². The quantitative estimate of drug-likeness (QED) is 0.734. The second-order valence-corrected chi connectivity index (χ2v) is 5.19. The maximum atomic E-state index is 12.1. The molecule has 0 aliphatic heterocycles. The molecule has 1 amide bonds. The Balaban J connectivity index is 1.53. The van der Waals surface area contributed by atoms with Crippen LogP contribution in [0.2, 0.25) is 0 Å². The van der Waals surface area contributed by atoms with Crippen LogP contribution >= 0.6 is 0 Å². The minimum absolute atomic E-state index is 0.192. The highest BCUT2D eigenvalue weighted by Crippen LogP contribution is 2.18. The SMILES string of the molecule is Cc1nc(C)n(CCCNC(=O)c2cc3ccccc3o2)n1. The standard InChI is InChI=1S/C16H18N4O2/c1-11-18-12(2)20(19-11)9-5-8-17-16(21)15-10-13-6-3-4-7-14(13)22-15/h3-4,6-7,10H,5,8-9H2,1-2H3,(H,17,21). The van der Waals surface area contributed by atoms with Crippen molar-refractivity contribution in [2.24, 2.45) is 0 Å². The van der Waals surface area contributed by atoms with Crippen molar-refractivity contribution in [3.63, 3.8) is 0 Å². The smallest absolute Gasteiger partial charge is 0.287 e. The first kappa shape index (κ1) is 14.3. The molecule has 0 spiro atoms.